The number of aromatic nitrogens is 8. The van der Waals surface area contributed by atoms with E-state index >= 15 is 0 Å². The zero-order valence-corrected chi connectivity index (χ0v) is 18.2. The van der Waals surface area contributed by atoms with Crippen molar-refractivity contribution in [1.82, 2.24) is 39.1 Å². The van der Waals surface area contributed by atoms with Crippen molar-refractivity contribution in [2.45, 2.75) is 30.6 Å². The zero-order chi connectivity index (χ0) is 25.4. The van der Waals surface area contributed by atoms with Gasteiger partial charge in [0.05, 0.1) is 17.6 Å². The Morgan fingerprint density at radius 2 is 1.78 bits per heavy atom. The molecule has 1 aromatic carbocycles. The first-order valence-electron chi connectivity index (χ1n) is 10.6. The first kappa shape index (κ1) is 22.3. The van der Waals surface area contributed by atoms with Gasteiger partial charge in [0, 0.05) is 19.5 Å². The molecule has 2 atom stereocenters. The Bertz CT molecular complexity index is 1600. The van der Waals surface area contributed by atoms with Crippen LogP contribution in [0, 0.1) is 5.82 Å². The number of halogens is 6. The Balaban J connectivity index is 1.46. The molecular weight excluding hydrogens is 492 g/mol. The lowest BCUT2D eigenvalue weighted by Crippen LogP contribution is -2.47. The topological polar surface area (TPSA) is 90.8 Å². The highest BCUT2D eigenvalue weighted by Crippen LogP contribution is 2.50. The minimum absolute atomic E-state index is 0.00394. The maximum atomic E-state index is 14.7. The summed E-state index contributed by atoms with van der Waals surface area (Å²) >= 11 is 0. The Morgan fingerprint density at radius 3 is 2.50 bits per heavy atom. The second-order valence-corrected chi connectivity index (χ2v) is 8.43. The van der Waals surface area contributed by atoms with Gasteiger partial charge in [0.25, 0.3) is 0 Å². The van der Waals surface area contributed by atoms with Crippen LogP contribution >= 0.6 is 0 Å². The minimum Gasteiger partial charge on any atom is -0.363 e. The standard InChI is InChI=1S/C21H15F6N9/c1-34-18-12(8-29-34)19-31-17(33-35(19)9-28-18)14-7-16-30-13(10-2-4-11(22)5-3-10)6-15(36(16)32-14)20(23,24)21(25,26)27/h2-5,7-9,13,15,30H,6H2,1H3/t13-,15+/m0/s1. The van der Waals surface area contributed by atoms with Gasteiger partial charge in [-0.1, -0.05) is 12.1 Å². The molecule has 1 aliphatic heterocycles. The van der Waals surface area contributed by atoms with E-state index in [0.29, 0.717) is 26.9 Å². The van der Waals surface area contributed by atoms with E-state index in [-0.39, 0.29) is 17.3 Å². The number of fused-ring (bicyclic) bond motifs is 4. The van der Waals surface area contributed by atoms with E-state index in [0.717, 1.165) is 12.1 Å². The van der Waals surface area contributed by atoms with E-state index in [1.807, 2.05) is 0 Å². The zero-order valence-electron chi connectivity index (χ0n) is 18.2. The Kier molecular flexibility index (Phi) is 4.59. The molecule has 0 unspecified atom stereocenters. The number of hydrogen-bond acceptors (Lipinski definition) is 6. The van der Waals surface area contributed by atoms with Crippen LogP contribution in [-0.2, 0) is 7.05 Å². The van der Waals surface area contributed by atoms with Gasteiger partial charge in [0.1, 0.15) is 29.7 Å². The third-order valence-electron chi connectivity index (χ3n) is 6.18. The number of alkyl halides is 5. The molecule has 0 bridgehead atoms. The van der Waals surface area contributed by atoms with Gasteiger partial charge in [0.15, 0.2) is 11.3 Å². The smallest absolute Gasteiger partial charge is 0.363 e. The average Bonchev–Trinajstić information content (AvgIpc) is 3.54. The number of benzene rings is 1. The number of rotatable bonds is 3. The quantitative estimate of drug-likeness (QED) is 0.366. The highest BCUT2D eigenvalue weighted by Gasteiger charge is 2.64. The highest BCUT2D eigenvalue weighted by molar-refractivity contribution is 5.88. The largest absolute Gasteiger partial charge is 0.455 e. The highest BCUT2D eigenvalue weighted by atomic mass is 19.4. The van der Waals surface area contributed by atoms with Crippen molar-refractivity contribution in [3.8, 4) is 11.5 Å². The van der Waals surface area contributed by atoms with Crippen LogP contribution in [0.25, 0.3) is 28.2 Å². The van der Waals surface area contributed by atoms with Crippen LogP contribution < -0.4 is 5.32 Å². The molecule has 5 heterocycles. The van der Waals surface area contributed by atoms with Crippen LogP contribution in [-0.4, -0.2) is 51.2 Å². The fourth-order valence-electron chi connectivity index (χ4n) is 4.36. The summed E-state index contributed by atoms with van der Waals surface area (Å²) in [5, 5.41) is 15.9. The lowest BCUT2D eigenvalue weighted by Gasteiger charge is -2.37. The molecule has 186 valence electrons. The van der Waals surface area contributed by atoms with Crippen molar-refractivity contribution in [2.24, 2.45) is 7.05 Å². The van der Waals surface area contributed by atoms with Gasteiger partial charge >= 0.3 is 12.1 Å². The van der Waals surface area contributed by atoms with Crippen molar-refractivity contribution in [3.05, 3.63) is 54.2 Å². The molecule has 0 aliphatic carbocycles. The molecule has 0 radical (unpaired) electrons. The van der Waals surface area contributed by atoms with Crippen molar-refractivity contribution in [3.63, 3.8) is 0 Å². The van der Waals surface area contributed by atoms with Crippen LogP contribution in [0.3, 0.4) is 0 Å². The fraction of sp³-hybridized carbons (Fsp3) is 0.286. The maximum absolute atomic E-state index is 14.7. The monoisotopic (exact) mass is 507 g/mol. The Morgan fingerprint density at radius 1 is 1.03 bits per heavy atom. The molecule has 15 heteroatoms. The molecule has 4 aromatic heterocycles. The maximum Gasteiger partial charge on any atom is 0.455 e. The van der Waals surface area contributed by atoms with Gasteiger partial charge in [-0.2, -0.15) is 32.1 Å². The first-order chi connectivity index (χ1) is 17.0. The van der Waals surface area contributed by atoms with E-state index in [1.54, 1.807) is 7.05 Å². The molecule has 0 saturated carbocycles. The van der Waals surface area contributed by atoms with E-state index in [9.17, 15) is 26.3 Å². The predicted molar refractivity (Wildman–Crippen MR) is 114 cm³/mol. The molecular formula is C21H15F6N9. The molecule has 0 fully saturated rings. The molecule has 1 aliphatic rings. The summed E-state index contributed by atoms with van der Waals surface area (Å²) in [6.07, 6.45) is -3.55. The Labute approximate surface area is 197 Å². The molecule has 36 heavy (non-hydrogen) atoms. The summed E-state index contributed by atoms with van der Waals surface area (Å²) in [5.74, 6) is -5.73. The second kappa shape index (κ2) is 7.41. The first-order valence-corrected chi connectivity index (χ1v) is 10.6. The van der Waals surface area contributed by atoms with Crippen molar-refractivity contribution in [1.29, 1.82) is 0 Å². The summed E-state index contributed by atoms with van der Waals surface area (Å²) in [7, 11) is 1.69. The van der Waals surface area contributed by atoms with Gasteiger partial charge in [0.2, 0.25) is 5.82 Å². The molecule has 5 aromatic rings. The van der Waals surface area contributed by atoms with Crippen molar-refractivity contribution < 1.29 is 26.3 Å². The fourth-order valence-corrected chi connectivity index (χ4v) is 4.36. The van der Waals surface area contributed by atoms with Crippen LogP contribution in [0.2, 0.25) is 0 Å². The van der Waals surface area contributed by atoms with Gasteiger partial charge in [-0.15, -0.1) is 5.10 Å². The summed E-state index contributed by atoms with van der Waals surface area (Å²) in [6.45, 7) is 0. The molecule has 0 saturated heterocycles. The van der Waals surface area contributed by atoms with Crippen LogP contribution in [0.15, 0.2) is 42.9 Å². The van der Waals surface area contributed by atoms with Gasteiger partial charge in [-0.3, -0.25) is 4.68 Å². The van der Waals surface area contributed by atoms with E-state index in [2.05, 4.69) is 30.6 Å². The third-order valence-corrected chi connectivity index (χ3v) is 6.18. The average molecular weight is 507 g/mol. The van der Waals surface area contributed by atoms with Crippen LogP contribution in [0.1, 0.15) is 24.1 Å². The number of hydrogen-bond donors (Lipinski definition) is 1. The number of aryl methyl sites for hydroxylation is 1. The molecule has 9 nitrogen and oxygen atoms in total. The summed E-state index contributed by atoms with van der Waals surface area (Å²) in [6, 6.07) is 2.88. The van der Waals surface area contributed by atoms with E-state index < -0.39 is 36.4 Å². The Hall–Kier alpha value is -4.17. The van der Waals surface area contributed by atoms with Gasteiger partial charge in [-0.25, -0.2) is 23.6 Å². The van der Waals surface area contributed by atoms with Gasteiger partial charge < -0.3 is 5.32 Å². The van der Waals surface area contributed by atoms with Crippen molar-refractivity contribution >= 4 is 22.5 Å². The van der Waals surface area contributed by atoms with E-state index in [4.69, 9.17) is 0 Å². The number of anilines is 1. The SMILES string of the molecule is Cn1ncc2c1ncn1nc(-c3cc4n(n3)[C@@H](C(F)(F)C(F)(F)F)C[C@@H](c3ccc(F)cc3)N4)nc21. The number of nitrogens with zero attached hydrogens (tertiary/aromatic N) is 8. The number of nitrogens with one attached hydrogen (secondary N) is 1. The lowest BCUT2D eigenvalue weighted by atomic mass is 9.93. The van der Waals surface area contributed by atoms with E-state index in [1.165, 1.54) is 39.9 Å². The molecule has 1 N–H and O–H groups in total. The summed E-state index contributed by atoms with van der Waals surface area (Å²) in [5.41, 5.74) is 1.23. The van der Waals surface area contributed by atoms with Gasteiger partial charge in [-0.05, 0) is 17.7 Å². The lowest BCUT2D eigenvalue weighted by molar-refractivity contribution is -0.301. The minimum atomic E-state index is -5.81. The molecule has 6 rings (SSSR count). The molecule has 0 spiro atoms. The summed E-state index contributed by atoms with van der Waals surface area (Å²) < 4.78 is 86.4. The second-order valence-electron chi connectivity index (χ2n) is 8.43. The third kappa shape index (κ3) is 3.29. The normalized spacial score (nSPS) is 18.5. The van der Waals surface area contributed by atoms with Crippen LogP contribution in [0.5, 0.6) is 0 Å². The summed E-state index contributed by atoms with van der Waals surface area (Å²) in [4.78, 5) is 8.63. The van der Waals surface area contributed by atoms with Crippen LogP contribution in [0.4, 0.5) is 32.2 Å². The predicted octanol–water partition coefficient (Wildman–Crippen LogP) is 4.31. The molecule has 0 amide bonds. The van der Waals surface area contributed by atoms with Crippen molar-refractivity contribution in [2.75, 3.05) is 5.32 Å².